The number of nitrogens with zero attached hydrogens (tertiary/aromatic N) is 1. The van der Waals surface area contributed by atoms with Gasteiger partial charge in [-0.3, -0.25) is 0 Å². The van der Waals surface area contributed by atoms with Crippen LogP contribution in [-0.4, -0.2) is 11.1 Å². The largest absolute Gasteiger partial charge is 0.347 e. The van der Waals surface area contributed by atoms with E-state index in [2.05, 4.69) is 42.0 Å². The van der Waals surface area contributed by atoms with Gasteiger partial charge in [-0.1, -0.05) is 38.3 Å². The van der Waals surface area contributed by atoms with Crippen LogP contribution in [0.1, 0.15) is 38.2 Å². The average Bonchev–Trinajstić information content (AvgIpc) is 2.80. The van der Waals surface area contributed by atoms with Crippen LogP contribution in [0.3, 0.4) is 0 Å². The van der Waals surface area contributed by atoms with E-state index in [4.69, 9.17) is 5.73 Å². The summed E-state index contributed by atoms with van der Waals surface area (Å²) in [6.07, 6.45) is 8.44. The molecule has 0 aliphatic rings. The molecular formula is C16H24N2. The summed E-state index contributed by atoms with van der Waals surface area (Å²) in [4.78, 5) is 0. The van der Waals surface area contributed by atoms with Crippen molar-refractivity contribution in [2.24, 2.45) is 5.73 Å². The highest BCUT2D eigenvalue weighted by molar-refractivity contribution is 5.83. The molecule has 0 spiro atoms. The summed E-state index contributed by atoms with van der Waals surface area (Å²) in [6, 6.07) is 8.79. The van der Waals surface area contributed by atoms with E-state index >= 15 is 0 Å². The van der Waals surface area contributed by atoms with Crippen molar-refractivity contribution in [3.63, 3.8) is 0 Å². The molecule has 0 saturated carbocycles. The van der Waals surface area contributed by atoms with Gasteiger partial charge in [0.05, 0.1) is 0 Å². The van der Waals surface area contributed by atoms with E-state index in [0.29, 0.717) is 0 Å². The summed E-state index contributed by atoms with van der Waals surface area (Å²) in [5, 5.41) is 1.37. The number of hydrogen-bond donors (Lipinski definition) is 1. The van der Waals surface area contributed by atoms with Gasteiger partial charge >= 0.3 is 0 Å². The Bertz CT molecular complexity index is 485. The molecule has 0 fully saturated rings. The van der Waals surface area contributed by atoms with Gasteiger partial charge in [-0.05, 0) is 37.1 Å². The van der Waals surface area contributed by atoms with Crippen LogP contribution in [0.15, 0.2) is 30.5 Å². The Morgan fingerprint density at radius 1 is 1.11 bits per heavy atom. The molecule has 98 valence electrons. The van der Waals surface area contributed by atoms with Gasteiger partial charge in [-0.15, -0.1) is 0 Å². The molecule has 2 rings (SSSR count). The summed E-state index contributed by atoms with van der Waals surface area (Å²) >= 11 is 0. The first kappa shape index (κ1) is 13.2. The second kappa shape index (κ2) is 6.60. The van der Waals surface area contributed by atoms with Crippen LogP contribution in [0, 0.1) is 0 Å². The molecule has 0 radical (unpaired) electrons. The third kappa shape index (κ3) is 2.94. The first-order chi connectivity index (χ1) is 8.86. The Labute approximate surface area is 110 Å². The number of aromatic nitrogens is 1. The van der Waals surface area contributed by atoms with E-state index < -0.39 is 0 Å². The maximum Gasteiger partial charge on any atom is 0.0483 e. The van der Waals surface area contributed by atoms with E-state index in [1.54, 1.807) is 0 Å². The number of rotatable bonds is 7. The fourth-order valence-corrected chi connectivity index (χ4v) is 2.56. The minimum Gasteiger partial charge on any atom is -0.347 e. The monoisotopic (exact) mass is 244 g/mol. The first-order valence-electron chi connectivity index (χ1n) is 7.13. The lowest BCUT2D eigenvalue weighted by molar-refractivity contribution is 0.593. The number of nitrogens with two attached hydrogens (primary N) is 1. The van der Waals surface area contributed by atoms with Gasteiger partial charge < -0.3 is 10.3 Å². The molecule has 2 N–H and O–H groups in total. The molecule has 0 unspecified atom stereocenters. The summed E-state index contributed by atoms with van der Waals surface area (Å²) in [7, 11) is 0. The number of benzene rings is 1. The van der Waals surface area contributed by atoms with Crippen LogP contribution in [0.25, 0.3) is 10.9 Å². The molecule has 18 heavy (non-hydrogen) atoms. The summed E-state index contributed by atoms with van der Waals surface area (Å²) in [5.74, 6) is 0. The van der Waals surface area contributed by atoms with Crippen molar-refractivity contribution in [3.8, 4) is 0 Å². The van der Waals surface area contributed by atoms with Crippen molar-refractivity contribution in [1.82, 2.24) is 4.57 Å². The van der Waals surface area contributed by atoms with Crippen molar-refractivity contribution in [3.05, 3.63) is 36.0 Å². The summed E-state index contributed by atoms with van der Waals surface area (Å²) < 4.78 is 2.38. The van der Waals surface area contributed by atoms with Gasteiger partial charge in [-0.25, -0.2) is 0 Å². The molecule has 2 heteroatoms. The smallest absolute Gasteiger partial charge is 0.0483 e. The van der Waals surface area contributed by atoms with Crippen LogP contribution >= 0.6 is 0 Å². The standard InChI is InChI=1S/C16H24N2/c1-2-3-4-5-12-18-13-10-15-14(9-11-17)7-6-8-16(15)18/h6-8,10,13H,2-5,9,11-12,17H2,1H3. The highest BCUT2D eigenvalue weighted by Crippen LogP contribution is 2.21. The van der Waals surface area contributed by atoms with E-state index in [0.717, 1.165) is 19.5 Å². The Balaban J connectivity index is 2.12. The zero-order valence-electron chi connectivity index (χ0n) is 11.4. The summed E-state index contributed by atoms with van der Waals surface area (Å²) in [6.45, 7) is 4.11. The molecule has 0 bridgehead atoms. The molecule has 1 aromatic heterocycles. The lowest BCUT2D eigenvalue weighted by atomic mass is 10.1. The predicted octanol–water partition coefficient (Wildman–Crippen LogP) is 3.72. The Kier molecular flexibility index (Phi) is 4.82. The maximum absolute atomic E-state index is 5.67. The lowest BCUT2D eigenvalue weighted by Crippen LogP contribution is -2.03. The molecule has 1 heterocycles. The van der Waals surface area contributed by atoms with Crippen molar-refractivity contribution in [1.29, 1.82) is 0 Å². The van der Waals surface area contributed by atoms with Crippen LogP contribution in [0.5, 0.6) is 0 Å². The second-order valence-corrected chi connectivity index (χ2v) is 4.96. The highest BCUT2D eigenvalue weighted by Gasteiger charge is 2.04. The number of hydrogen-bond acceptors (Lipinski definition) is 1. The molecule has 0 aliphatic heterocycles. The van der Waals surface area contributed by atoms with Crippen LogP contribution < -0.4 is 5.73 Å². The normalized spacial score (nSPS) is 11.2. The second-order valence-electron chi connectivity index (χ2n) is 4.96. The number of unbranched alkanes of at least 4 members (excludes halogenated alkanes) is 3. The molecule has 0 atom stereocenters. The van der Waals surface area contributed by atoms with Gasteiger partial charge in [0.15, 0.2) is 0 Å². The quantitative estimate of drug-likeness (QED) is 0.739. The predicted molar refractivity (Wildman–Crippen MR) is 78.8 cm³/mol. The first-order valence-corrected chi connectivity index (χ1v) is 7.13. The van der Waals surface area contributed by atoms with E-state index in [1.165, 1.54) is 42.1 Å². The fourth-order valence-electron chi connectivity index (χ4n) is 2.56. The number of fused-ring (bicyclic) bond motifs is 1. The molecule has 1 aromatic carbocycles. The molecule has 0 amide bonds. The molecule has 0 aliphatic carbocycles. The van der Waals surface area contributed by atoms with Gasteiger partial charge in [0, 0.05) is 23.6 Å². The molecule has 2 aromatic rings. The number of aryl methyl sites for hydroxylation is 1. The topological polar surface area (TPSA) is 30.9 Å². The Hall–Kier alpha value is -1.28. The van der Waals surface area contributed by atoms with Crippen LogP contribution in [0.4, 0.5) is 0 Å². The third-order valence-corrected chi connectivity index (χ3v) is 3.57. The van der Waals surface area contributed by atoms with Gasteiger partial charge in [-0.2, -0.15) is 0 Å². The SMILES string of the molecule is CCCCCCn1ccc2c(CCN)cccc21. The molecular weight excluding hydrogens is 220 g/mol. The fraction of sp³-hybridized carbons (Fsp3) is 0.500. The van der Waals surface area contributed by atoms with Crippen molar-refractivity contribution >= 4 is 10.9 Å². The lowest BCUT2D eigenvalue weighted by Gasteiger charge is -2.06. The minimum atomic E-state index is 0.723. The maximum atomic E-state index is 5.67. The molecule has 2 nitrogen and oxygen atoms in total. The van der Waals surface area contributed by atoms with Crippen molar-refractivity contribution in [2.45, 2.75) is 45.6 Å². The van der Waals surface area contributed by atoms with Crippen molar-refractivity contribution in [2.75, 3.05) is 6.54 Å². The van der Waals surface area contributed by atoms with E-state index in [9.17, 15) is 0 Å². The third-order valence-electron chi connectivity index (χ3n) is 3.57. The van der Waals surface area contributed by atoms with Gasteiger partial charge in [0.2, 0.25) is 0 Å². The highest BCUT2D eigenvalue weighted by atomic mass is 14.9. The molecule has 0 saturated heterocycles. The van der Waals surface area contributed by atoms with E-state index in [1.807, 2.05) is 0 Å². The Morgan fingerprint density at radius 2 is 2.00 bits per heavy atom. The van der Waals surface area contributed by atoms with Gasteiger partial charge in [0.1, 0.15) is 0 Å². The van der Waals surface area contributed by atoms with E-state index in [-0.39, 0.29) is 0 Å². The zero-order chi connectivity index (χ0) is 12.8. The average molecular weight is 244 g/mol. The minimum absolute atomic E-state index is 0.723. The van der Waals surface area contributed by atoms with Crippen molar-refractivity contribution < 1.29 is 0 Å². The summed E-state index contributed by atoms with van der Waals surface area (Å²) in [5.41, 5.74) is 8.40. The van der Waals surface area contributed by atoms with Gasteiger partial charge in [0.25, 0.3) is 0 Å². The zero-order valence-corrected chi connectivity index (χ0v) is 11.4. The Morgan fingerprint density at radius 3 is 2.78 bits per heavy atom. The van der Waals surface area contributed by atoms with Crippen LogP contribution in [0.2, 0.25) is 0 Å². The van der Waals surface area contributed by atoms with Crippen LogP contribution in [-0.2, 0) is 13.0 Å².